The van der Waals surface area contributed by atoms with Gasteiger partial charge in [-0.3, -0.25) is 14.5 Å². The Balaban J connectivity index is 1.27. The van der Waals surface area contributed by atoms with Crippen LogP contribution in [0.15, 0.2) is 17.5 Å². The summed E-state index contributed by atoms with van der Waals surface area (Å²) in [6.45, 7) is 4.49. The van der Waals surface area contributed by atoms with Gasteiger partial charge in [0.25, 0.3) is 0 Å². The smallest absolute Gasteiger partial charge is 0.227 e. The van der Waals surface area contributed by atoms with E-state index >= 15 is 0 Å². The van der Waals surface area contributed by atoms with Crippen molar-refractivity contribution >= 4 is 23.2 Å². The summed E-state index contributed by atoms with van der Waals surface area (Å²) < 4.78 is 0. The summed E-state index contributed by atoms with van der Waals surface area (Å²) in [5.41, 5.74) is 0. The van der Waals surface area contributed by atoms with Crippen molar-refractivity contribution in [2.75, 3.05) is 33.2 Å². The zero-order valence-electron chi connectivity index (χ0n) is 16.3. The number of hydrogen-bond donors (Lipinski definition) is 0. The third-order valence-electron chi connectivity index (χ3n) is 6.37. The van der Waals surface area contributed by atoms with Gasteiger partial charge in [-0.25, -0.2) is 0 Å². The molecule has 27 heavy (non-hydrogen) atoms. The Hall–Kier alpha value is -1.40. The highest BCUT2D eigenvalue weighted by atomic mass is 32.1. The predicted octanol–water partition coefficient (Wildman–Crippen LogP) is 2.82. The van der Waals surface area contributed by atoms with Crippen LogP contribution in [0.1, 0.15) is 43.4 Å². The minimum Gasteiger partial charge on any atom is -0.342 e. The molecule has 2 aliphatic heterocycles. The Morgan fingerprint density at radius 1 is 1.11 bits per heavy atom. The van der Waals surface area contributed by atoms with Crippen molar-refractivity contribution in [1.29, 1.82) is 0 Å². The number of carbonyl (C=O) groups is 2. The van der Waals surface area contributed by atoms with E-state index in [0.29, 0.717) is 24.4 Å². The molecule has 1 aromatic heterocycles. The topological polar surface area (TPSA) is 43.9 Å². The van der Waals surface area contributed by atoms with Crippen molar-refractivity contribution < 1.29 is 9.59 Å². The molecule has 6 heteroatoms. The Morgan fingerprint density at radius 2 is 1.89 bits per heavy atom. The maximum atomic E-state index is 12.9. The molecule has 0 radical (unpaired) electrons. The van der Waals surface area contributed by atoms with Crippen LogP contribution in [-0.2, 0) is 16.1 Å². The Bertz CT molecular complexity index is 650. The Kier molecular flexibility index (Phi) is 5.83. The van der Waals surface area contributed by atoms with Gasteiger partial charge in [0.05, 0.1) is 12.5 Å². The number of likely N-dealkylation sites (tertiary alicyclic amines) is 2. The second-order valence-electron chi connectivity index (χ2n) is 8.44. The lowest BCUT2D eigenvalue weighted by Gasteiger charge is -2.42. The van der Waals surface area contributed by atoms with E-state index < -0.39 is 0 Å². The molecule has 2 amide bonds. The van der Waals surface area contributed by atoms with E-state index in [1.54, 1.807) is 11.3 Å². The van der Waals surface area contributed by atoms with Crippen LogP contribution in [0.3, 0.4) is 0 Å². The maximum absolute atomic E-state index is 12.9. The van der Waals surface area contributed by atoms with Gasteiger partial charge in [0.2, 0.25) is 11.8 Å². The van der Waals surface area contributed by atoms with Crippen molar-refractivity contribution in [3.8, 4) is 0 Å². The van der Waals surface area contributed by atoms with Crippen LogP contribution in [-0.4, -0.2) is 65.8 Å². The molecule has 2 saturated heterocycles. The summed E-state index contributed by atoms with van der Waals surface area (Å²) >= 11 is 1.71. The standard InChI is InChI=1S/C21H31N3O2S/c1-22(15-19-5-3-13-27-19)20(25)17-4-2-10-24(14-17)18-8-11-23(12-9-18)21(26)16-6-7-16/h3,5,13,16-18H,2,4,6-12,14-15H2,1H3. The summed E-state index contributed by atoms with van der Waals surface area (Å²) in [5, 5.41) is 2.07. The van der Waals surface area contributed by atoms with E-state index in [4.69, 9.17) is 0 Å². The fourth-order valence-corrected chi connectivity index (χ4v) is 5.36. The number of hydrogen-bond acceptors (Lipinski definition) is 4. The molecule has 1 aliphatic carbocycles. The first-order valence-corrected chi connectivity index (χ1v) is 11.3. The van der Waals surface area contributed by atoms with E-state index in [1.165, 1.54) is 4.88 Å². The lowest BCUT2D eigenvalue weighted by Crippen LogP contribution is -2.51. The Morgan fingerprint density at radius 3 is 2.56 bits per heavy atom. The number of rotatable bonds is 5. The van der Waals surface area contributed by atoms with Gasteiger partial charge in [0.1, 0.15) is 0 Å². The average Bonchev–Trinajstić information content (AvgIpc) is 3.44. The van der Waals surface area contributed by atoms with Crippen LogP contribution in [0.2, 0.25) is 0 Å². The van der Waals surface area contributed by atoms with Gasteiger partial charge in [-0.15, -0.1) is 11.3 Å². The Labute approximate surface area is 166 Å². The van der Waals surface area contributed by atoms with Crippen LogP contribution >= 0.6 is 11.3 Å². The fraction of sp³-hybridized carbons (Fsp3) is 0.714. The molecule has 0 spiro atoms. The first kappa shape index (κ1) is 18.9. The van der Waals surface area contributed by atoms with E-state index in [9.17, 15) is 9.59 Å². The molecule has 1 unspecified atom stereocenters. The molecule has 148 valence electrons. The van der Waals surface area contributed by atoms with Gasteiger partial charge in [-0.2, -0.15) is 0 Å². The largest absolute Gasteiger partial charge is 0.342 e. The van der Waals surface area contributed by atoms with Crippen LogP contribution in [0.4, 0.5) is 0 Å². The summed E-state index contributed by atoms with van der Waals surface area (Å²) in [6.07, 6.45) is 6.41. The molecule has 0 N–H and O–H groups in total. The summed E-state index contributed by atoms with van der Waals surface area (Å²) in [6, 6.07) is 4.67. The van der Waals surface area contributed by atoms with E-state index in [-0.39, 0.29) is 11.8 Å². The van der Waals surface area contributed by atoms with Crippen molar-refractivity contribution in [1.82, 2.24) is 14.7 Å². The third-order valence-corrected chi connectivity index (χ3v) is 7.23. The summed E-state index contributed by atoms with van der Waals surface area (Å²) in [4.78, 5) is 32.9. The second-order valence-corrected chi connectivity index (χ2v) is 9.47. The lowest BCUT2D eigenvalue weighted by molar-refractivity contribution is -0.137. The second kappa shape index (κ2) is 8.31. The predicted molar refractivity (Wildman–Crippen MR) is 107 cm³/mol. The molecule has 3 heterocycles. The number of piperidine rings is 2. The van der Waals surface area contributed by atoms with Crippen LogP contribution in [0, 0.1) is 11.8 Å². The van der Waals surface area contributed by atoms with E-state index in [2.05, 4.69) is 21.2 Å². The van der Waals surface area contributed by atoms with Gasteiger partial charge >= 0.3 is 0 Å². The molecule has 1 saturated carbocycles. The third kappa shape index (κ3) is 4.54. The molecule has 1 aromatic rings. The highest BCUT2D eigenvalue weighted by Gasteiger charge is 2.37. The van der Waals surface area contributed by atoms with Crippen LogP contribution in [0.25, 0.3) is 0 Å². The molecule has 4 rings (SSSR count). The highest BCUT2D eigenvalue weighted by molar-refractivity contribution is 7.09. The van der Waals surface area contributed by atoms with Gasteiger partial charge < -0.3 is 9.80 Å². The quantitative estimate of drug-likeness (QED) is 0.778. The first-order chi connectivity index (χ1) is 13.1. The molecule has 5 nitrogen and oxygen atoms in total. The average molecular weight is 390 g/mol. The molecule has 1 atom stereocenters. The lowest BCUT2D eigenvalue weighted by atomic mass is 9.93. The summed E-state index contributed by atoms with van der Waals surface area (Å²) in [7, 11) is 1.93. The molecular formula is C21H31N3O2S. The van der Waals surface area contributed by atoms with Crippen molar-refractivity contribution in [2.24, 2.45) is 11.8 Å². The van der Waals surface area contributed by atoms with Crippen molar-refractivity contribution in [2.45, 2.75) is 51.1 Å². The molecule has 3 aliphatic rings. The number of thiophene rings is 1. The maximum Gasteiger partial charge on any atom is 0.227 e. The first-order valence-electron chi connectivity index (χ1n) is 10.4. The number of amides is 2. The van der Waals surface area contributed by atoms with Gasteiger partial charge in [-0.1, -0.05) is 6.07 Å². The van der Waals surface area contributed by atoms with Crippen molar-refractivity contribution in [3.05, 3.63) is 22.4 Å². The molecule has 0 aromatic carbocycles. The van der Waals surface area contributed by atoms with E-state index in [0.717, 1.165) is 64.7 Å². The zero-order chi connectivity index (χ0) is 18.8. The fourth-order valence-electron chi connectivity index (χ4n) is 4.61. The van der Waals surface area contributed by atoms with Crippen LogP contribution in [0.5, 0.6) is 0 Å². The van der Waals surface area contributed by atoms with Crippen molar-refractivity contribution in [3.63, 3.8) is 0 Å². The van der Waals surface area contributed by atoms with Gasteiger partial charge in [0.15, 0.2) is 0 Å². The normalized spacial score (nSPS) is 24.8. The van der Waals surface area contributed by atoms with Gasteiger partial charge in [0, 0.05) is 43.5 Å². The van der Waals surface area contributed by atoms with Gasteiger partial charge in [-0.05, 0) is 56.5 Å². The highest BCUT2D eigenvalue weighted by Crippen LogP contribution is 2.33. The summed E-state index contributed by atoms with van der Waals surface area (Å²) in [5.74, 6) is 1.12. The van der Waals surface area contributed by atoms with Crippen LogP contribution < -0.4 is 0 Å². The minimum atomic E-state index is 0.120. The molecule has 3 fully saturated rings. The molecular weight excluding hydrogens is 358 g/mol. The monoisotopic (exact) mass is 389 g/mol. The minimum absolute atomic E-state index is 0.120. The molecule has 0 bridgehead atoms. The number of nitrogens with zero attached hydrogens (tertiary/aromatic N) is 3. The number of carbonyl (C=O) groups excluding carboxylic acids is 2. The van der Waals surface area contributed by atoms with E-state index in [1.807, 2.05) is 18.0 Å². The SMILES string of the molecule is CN(Cc1cccs1)C(=O)C1CCCN(C2CCN(C(=O)C3CC3)CC2)C1. The zero-order valence-corrected chi connectivity index (χ0v) is 17.1.